The van der Waals surface area contributed by atoms with Gasteiger partial charge in [-0.2, -0.15) is 5.26 Å². The van der Waals surface area contributed by atoms with Crippen LogP contribution in [-0.2, 0) is 6.54 Å². The highest BCUT2D eigenvalue weighted by molar-refractivity contribution is 6.31. The summed E-state index contributed by atoms with van der Waals surface area (Å²) in [6, 6.07) is 9.00. The van der Waals surface area contributed by atoms with Crippen molar-refractivity contribution in [3.63, 3.8) is 0 Å². The summed E-state index contributed by atoms with van der Waals surface area (Å²) in [5.74, 6) is 0.486. The highest BCUT2D eigenvalue weighted by Crippen LogP contribution is 2.21. The number of hydrogen-bond acceptors (Lipinski definition) is 5. The third-order valence-electron chi connectivity index (χ3n) is 2.78. The molecule has 1 aromatic carbocycles. The van der Waals surface area contributed by atoms with Gasteiger partial charge in [-0.1, -0.05) is 11.6 Å². The molecule has 6 heteroatoms. The molecular formula is C14H14ClN5. The molecular weight excluding hydrogens is 274 g/mol. The zero-order valence-corrected chi connectivity index (χ0v) is 12.0. The SMILES string of the molecule is Cc1cc(C#N)nc(N(C)Cc2cc(N)ccc2Cl)n1. The van der Waals surface area contributed by atoms with Crippen LogP contribution in [0.25, 0.3) is 0 Å². The number of aromatic nitrogens is 2. The van der Waals surface area contributed by atoms with Crippen LogP contribution in [0.15, 0.2) is 24.3 Å². The van der Waals surface area contributed by atoms with E-state index in [-0.39, 0.29) is 0 Å². The molecule has 0 bridgehead atoms. The number of rotatable bonds is 3. The van der Waals surface area contributed by atoms with Crippen LogP contribution in [-0.4, -0.2) is 17.0 Å². The van der Waals surface area contributed by atoms with Crippen molar-refractivity contribution in [2.75, 3.05) is 17.7 Å². The van der Waals surface area contributed by atoms with Gasteiger partial charge in [-0.15, -0.1) is 0 Å². The molecule has 0 saturated carbocycles. The van der Waals surface area contributed by atoms with Crippen molar-refractivity contribution in [2.45, 2.75) is 13.5 Å². The number of nitrogens with two attached hydrogens (primary N) is 1. The van der Waals surface area contributed by atoms with E-state index in [4.69, 9.17) is 22.6 Å². The average Bonchev–Trinajstić information content (AvgIpc) is 2.42. The maximum atomic E-state index is 8.94. The first-order chi connectivity index (χ1) is 9.49. The van der Waals surface area contributed by atoms with Crippen LogP contribution >= 0.6 is 11.6 Å². The van der Waals surface area contributed by atoms with E-state index in [1.165, 1.54) is 0 Å². The van der Waals surface area contributed by atoms with E-state index in [9.17, 15) is 0 Å². The Hall–Kier alpha value is -2.32. The summed E-state index contributed by atoms with van der Waals surface area (Å²) in [7, 11) is 1.84. The summed E-state index contributed by atoms with van der Waals surface area (Å²) in [6.07, 6.45) is 0. The van der Waals surface area contributed by atoms with E-state index < -0.39 is 0 Å². The summed E-state index contributed by atoms with van der Waals surface area (Å²) in [6.45, 7) is 2.34. The molecule has 0 radical (unpaired) electrons. The predicted octanol–water partition coefficient (Wildman–Crippen LogP) is 2.53. The highest BCUT2D eigenvalue weighted by Gasteiger charge is 2.10. The molecule has 0 amide bonds. The average molecular weight is 288 g/mol. The second-order valence-electron chi connectivity index (χ2n) is 4.51. The summed E-state index contributed by atoms with van der Waals surface area (Å²) in [5.41, 5.74) is 8.39. The van der Waals surface area contributed by atoms with Crippen molar-refractivity contribution in [1.29, 1.82) is 5.26 Å². The molecule has 102 valence electrons. The normalized spacial score (nSPS) is 10.1. The molecule has 1 heterocycles. The first-order valence-corrected chi connectivity index (χ1v) is 6.38. The number of anilines is 2. The Balaban J connectivity index is 2.28. The fourth-order valence-corrected chi connectivity index (χ4v) is 2.00. The molecule has 0 saturated heterocycles. The zero-order valence-electron chi connectivity index (χ0n) is 11.3. The van der Waals surface area contributed by atoms with Gasteiger partial charge in [0.2, 0.25) is 5.95 Å². The molecule has 5 nitrogen and oxygen atoms in total. The minimum absolute atomic E-state index is 0.345. The molecule has 2 rings (SSSR count). The van der Waals surface area contributed by atoms with Gasteiger partial charge in [-0.3, -0.25) is 0 Å². The van der Waals surface area contributed by atoms with Crippen LogP contribution in [0.5, 0.6) is 0 Å². The van der Waals surface area contributed by atoms with E-state index in [1.807, 2.05) is 31.0 Å². The Morgan fingerprint density at radius 2 is 2.10 bits per heavy atom. The minimum Gasteiger partial charge on any atom is -0.399 e. The maximum absolute atomic E-state index is 8.94. The minimum atomic E-state index is 0.345. The molecule has 0 aliphatic carbocycles. The van der Waals surface area contributed by atoms with E-state index in [0.29, 0.717) is 28.9 Å². The molecule has 0 atom stereocenters. The Bertz CT molecular complexity index is 678. The van der Waals surface area contributed by atoms with Gasteiger partial charge in [-0.25, -0.2) is 9.97 Å². The Morgan fingerprint density at radius 3 is 2.80 bits per heavy atom. The summed E-state index contributed by atoms with van der Waals surface area (Å²) < 4.78 is 0. The van der Waals surface area contributed by atoms with Crippen molar-refractivity contribution < 1.29 is 0 Å². The standard InChI is InChI=1S/C14H14ClN5/c1-9-5-12(7-16)19-14(18-9)20(2)8-10-6-11(17)3-4-13(10)15/h3-6H,8,17H2,1-2H3. The molecule has 0 aliphatic heterocycles. The summed E-state index contributed by atoms with van der Waals surface area (Å²) >= 11 is 6.14. The van der Waals surface area contributed by atoms with E-state index in [2.05, 4.69) is 9.97 Å². The van der Waals surface area contributed by atoms with Crippen molar-refractivity contribution in [3.8, 4) is 6.07 Å². The molecule has 0 unspecified atom stereocenters. The second kappa shape index (κ2) is 5.76. The number of nitriles is 1. The monoisotopic (exact) mass is 287 g/mol. The van der Waals surface area contributed by atoms with Crippen molar-refractivity contribution in [3.05, 3.63) is 46.2 Å². The fourth-order valence-electron chi connectivity index (χ4n) is 1.82. The molecule has 0 fully saturated rings. The molecule has 1 aromatic heterocycles. The van der Waals surface area contributed by atoms with Gasteiger partial charge in [0.05, 0.1) is 0 Å². The quantitative estimate of drug-likeness (QED) is 0.878. The molecule has 2 aromatic rings. The lowest BCUT2D eigenvalue weighted by Gasteiger charge is -2.18. The molecule has 20 heavy (non-hydrogen) atoms. The zero-order chi connectivity index (χ0) is 14.7. The van der Waals surface area contributed by atoms with Crippen LogP contribution in [0.3, 0.4) is 0 Å². The van der Waals surface area contributed by atoms with Crippen LogP contribution in [0.2, 0.25) is 5.02 Å². The second-order valence-corrected chi connectivity index (χ2v) is 4.92. The molecule has 2 N–H and O–H groups in total. The van der Waals surface area contributed by atoms with Gasteiger partial charge in [0.1, 0.15) is 11.8 Å². The lowest BCUT2D eigenvalue weighted by Crippen LogP contribution is -2.20. The van der Waals surface area contributed by atoms with Crippen molar-refractivity contribution >= 4 is 23.2 Å². The highest BCUT2D eigenvalue weighted by atomic mass is 35.5. The Labute approximate surface area is 122 Å². The van der Waals surface area contributed by atoms with Crippen LogP contribution in [0.1, 0.15) is 17.0 Å². The third-order valence-corrected chi connectivity index (χ3v) is 3.14. The van der Waals surface area contributed by atoms with E-state index in [0.717, 1.165) is 11.3 Å². The lowest BCUT2D eigenvalue weighted by molar-refractivity contribution is 0.857. The number of benzene rings is 1. The van der Waals surface area contributed by atoms with Gasteiger partial charge < -0.3 is 10.6 Å². The lowest BCUT2D eigenvalue weighted by atomic mass is 10.2. The predicted molar refractivity (Wildman–Crippen MR) is 79.5 cm³/mol. The first kappa shape index (κ1) is 14.1. The number of nitrogen functional groups attached to an aromatic ring is 1. The summed E-state index contributed by atoms with van der Waals surface area (Å²) in [5, 5.41) is 9.58. The number of halogens is 1. The van der Waals surface area contributed by atoms with Crippen molar-refractivity contribution in [2.24, 2.45) is 0 Å². The van der Waals surface area contributed by atoms with Crippen molar-refractivity contribution in [1.82, 2.24) is 9.97 Å². The van der Waals surface area contributed by atoms with Gasteiger partial charge in [0, 0.05) is 30.0 Å². The smallest absolute Gasteiger partial charge is 0.226 e. The fraction of sp³-hybridized carbons (Fsp3) is 0.214. The first-order valence-electron chi connectivity index (χ1n) is 6.00. The van der Waals surface area contributed by atoms with E-state index >= 15 is 0 Å². The summed E-state index contributed by atoms with van der Waals surface area (Å²) in [4.78, 5) is 10.3. The maximum Gasteiger partial charge on any atom is 0.226 e. The largest absolute Gasteiger partial charge is 0.399 e. The third kappa shape index (κ3) is 3.16. The topological polar surface area (TPSA) is 78.8 Å². The van der Waals surface area contributed by atoms with E-state index in [1.54, 1.807) is 18.2 Å². The molecule has 0 aliphatic rings. The van der Waals surface area contributed by atoms with Crippen LogP contribution in [0.4, 0.5) is 11.6 Å². The van der Waals surface area contributed by atoms with Gasteiger partial charge in [-0.05, 0) is 36.8 Å². The number of hydrogen-bond donors (Lipinski definition) is 1. The molecule has 0 spiro atoms. The number of nitrogens with zero attached hydrogens (tertiary/aromatic N) is 4. The number of aryl methyl sites for hydroxylation is 1. The van der Waals surface area contributed by atoms with Crippen LogP contribution in [0, 0.1) is 18.3 Å². The Kier molecular flexibility index (Phi) is 4.06. The van der Waals surface area contributed by atoms with Gasteiger partial charge in [0.15, 0.2) is 0 Å². The van der Waals surface area contributed by atoms with Crippen LogP contribution < -0.4 is 10.6 Å². The van der Waals surface area contributed by atoms with Gasteiger partial charge in [0.25, 0.3) is 0 Å². The van der Waals surface area contributed by atoms with Gasteiger partial charge >= 0.3 is 0 Å². The Morgan fingerprint density at radius 1 is 1.35 bits per heavy atom.